The molecule has 0 aliphatic carbocycles. The lowest BCUT2D eigenvalue weighted by Gasteiger charge is -2.25. The van der Waals surface area contributed by atoms with Gasteiger partial charge in [0.05, 0.1) is 0 Å². The fraction of sp³-hybridized carbons (Fsp3) is 0.583. The fourth-order valence-corrected chi connectivity index (χ4v) is 4.19. The van der Waals surface area contributed by atoms with E-state index in [0.717, 1.165) is 0 Å². The van der Waals surface area contributed by atoms with E-state index < -0.39 is 8.80 Å². The van der Waals surface area contributed by atoms with Crippen molar-refractivity contribution in [3.8, 4) is 0 Å². The van der Waals surface area contributed by atoms with Gasteiger partial charge in [0.15, 0.2) is 12.4 Å². The Bertz CT molecular complexity index is 291. The van der Waals surface area contributed by atoms with Gasteiger partial charge in [-0.1, -0.05) is 6.07 Å². The van der Waals surface area contributed by atoms with Crippen molar-refractivity contribution in [2.24, 2.45) is 0 Å². The highest BCUT2D eigenvalue weighted by Gasteiger charge is 2.45. The number of hydrogen-bond donors (Lipinski definition) is 0. The average molecular weight is 256 g/mol. The predicted molar refractivity (Wildman–Crippen MR) is 67.3 cm³/mol. The summed E-state index contributed by atoms with van der Waals surface area (Å²) in [6, 6.07) is 5.97. The molecule has 0 aliphatic rings. The van der Waals surface area contributed by atoms with E-state index in [2.05, 4.69) is 0 Å². The van der Waals surface area contributed by atoms with Crippen LogP contribution in [0.4, 0.5) is 0 Å². The Labute approximate surface area is 105 Å². The highest BCUT2D eigenvalue weighted by Crippen LogP contribution is 2.10. The summed E-state index contributed by atoms with van der Waals surface area (Å²) in [4.78, 5) is 0. The van der Waals surface area contributed by atoms with Gasteiger partial charge in [-0.15, -0.1) is 0 Å². The van der Waals surface area contributed by atoms with Crippen LogP contribution >= 0.6 is 0 Å². The first-order valence-electron chi connectivity index (χ1n) is 6.12. The number of aromatic nitrogens is 1. The molecule has 4 nitrogen and oxygen atoms in total. The summed E-state index contributed by atoms with van der Waals surface area (Å²) in [5, 5.41) is 0. The quantitative estimate of drug-likeness (QED) is 0.522. The van der Waals surface area contributed by atoms with Crippen LogP contribution in [0.25, 0.3) is 0 Å². The molecule has 0 saturated carbocycles. The van der Waals surface area contributed by atoms with Crippen molar-refractivity contribution in [3.05, 3.63) is 30.6 Å². The van der Waals surface area contributed by atoms with E-state index >= 15 is 0 Å². The summed E-state index contributed by atoms with van der Waals surface area (Å²) >= 11 is 0. The Balaban J connectivity index is 2.80. The monoisotopic (exact) mass is 256 g/mol. The van der Waals surface area contributed by atoms with Crippen molar-refractivity contribution in [1.29, 1.82) is 0 Å². The minimum Gasteiger partial charge on any atom is -0.370 e. The van der Waals surface area contributed by atoms with Gasteiger partial charge in [-0.3, -0.25) is 0 Å². The van der Waals surface area contributed by atoms with Gasteiger partial charge in [-0.25, -0.2) is 4.57 Å². The third kappa shape index (κ3) is 4.55. The zero-order valence-electron chi connectivity index (χ0n) is 10.9. The molecule has 1 heterocycles. The number of nitrogens with zero attached hydrogens (tertiary/aromatic N) is 1. The lowest BCUT2D eigenvalue weighted by molar-refractivity contribution is -0.685. The average Bonchev–Trinajstić information content (AvgIpc) is 2.31. The van der Waals surface area contributed by atoms with E-state index in [1.165, 1.54) is 0 Å². The van der Waals surface area contributed by atoms with Gasteiger partial charge in [-0.05, 0) is 20.8 Å². The first-order valence-corrected chi connectivity index (χ1v) is 8.05. The molecule has 0 amide bonds. The normalized spacial score (nSPS) is 11.7. The molecule has 96 valence electrons. The van der Waals surface area contributed by atoms with Crippen molar-refractivity contribution >= 4 is 8.80 Å². The van der Waals surface area contributed by atoms with Gasteiger partial charge < -0.3 is 13.3 Å². The van der Waals surface area contributed by atoms with Crippen LogP contribution in [0.3, 0.4) is 0 Å². The van der Waals surface area contributed by atoms with E-state index in [1.807, 2.05) is 55.9 Å². The summed E-state index contributed by atoms with van der Waals surface area (Å²) in [6.07, 6.45) is 4.65. The van der Waals surface area contributed by atoms with Crippen molar-refractivity contribution in [3.63, 3.8) is 0 Å². The van der Waals surface area contributed by atoms with Gasteiger partial charge in [0.25, 0.3) is 0 Å². The summed E-state index contributed by atoms with van der Waals surface area (Å²) < 4.78 is 19.4. The topological polar surface area (TPSA) is 31.6 Å². The molecule has 17 heavy (non-hydrogen) atoms. The molecule has 5 heteroatoms. The maximum atomic E-state index is 5.79. The third-order valence-corrected chi connectivity index (χ3v) is 5.18. The van der Waals surface area contributed by atoms with Crippen LogP contribution in [0.2, 0.25) is 0 Å². The standard InChI is InChI=1S/C12H22NO3Si/c1-4-14-17(15-5-2,16-6-3)12-13-10-8-7-9-11-13/h7-11H,4-6,12H2,1-3H3/q+1. The van der Waals surface area contributed by atoms with E-state index in [4.69, 9.17) is 13.3 Å². The zero-order valence-corrected chi connectivity index (χ0v) is 11.9. The Morgan fingerprint density at radius 1 is 0.824 bits per heavy atom. The third-order valence-electron chi connectivity index (χ3n) is 2.25. The second kappa shape index (κ2) is 7.55. The summed E-state index contributed by atoms with van der Waals surface area (Å²) in [5.74, 6) is 0. The molecule has 1 rings (SSSR count). The molecule has 1 aromatic rings. The molecular weight excluding hydrogens is 234 g/mol. The summed E-state index contributed by atoms with van der Waals surface area (Å²) in [5.41, 5.74) is 0. The lowest BCUT2D eigenvalue weighted by atomic mass is 10.5. The molecule has 0 radical (unpaired) electrons. The van der Waals surface area contributed by atoms with Gasteiger partial charge in [0.1, 0.15) is 0 Å². The number of pyridine rings is 1. The molecule has 0 aromatic carbocycles. The second-order valence-corrected chi connectivity index (χ2v) is 6.08. The van der Waals surface area contributed by atoms with Crippen LogP contribution in [0.5, 0.6) is 0 Å². The molecule has 0 N–H and O–H groups in total. The molecule has 0 saturated heterocycles. The van der Waals surface area contributed by atoms with Crippen LogP contribution in [0.1, 0.15) is 20.8 Å². The van der Waals surface area contributed by atoms with Gasteiger partial charge >= 0.3 is 8.80 Å². The molecule has 0 fully saturated rings. The largest absolute Gasteiger partial charge is 0.570 e. The van der Waals surface area contributed by atoms with Gasteiger partial charge in [0.2, 0.25) is 6.17 Å². The van der Waals surface area contributed by atoms with E-state index in [0.29, 0.717) is 26.0 Å². The van der Waals surface area contributed by atoms with Crippen LogP contribution < -0.4 is 4.57 Å². The first-order chi connectivity index (χ1) is 8.26. The smallest absolute Gasteiger partial charge is 0.370 e. The Kier molecular flexibility index (Phi) is 6.35. The van der Waals surface area contributed by atoms with E-state index in [-0.39, 0.29) is 0 Å². The highest BCUT2D eigenvalue weighted by molar-refractivity contribution is 6.58. The maximum absolute atomic E-state index is 5.79. The van der Waals surface area contributed by atoms with Crippen LogP contribution in [0, 0.1) is 0 Å². The minimum atomic E-state index is -2.57. The highest BCUT2D eigenvalue weighted by atomic mass is 28.4. The predicted octanol–water partition coefficient (Wildman–Crippen LogP) is 1.56. The maximum Gasteiger partial charge on any atom is 0.570 e. The molecule has 0 unspecified atom stereocenters. The number of rotatable bonds is 8. The van der Waals surface area contributed by atoms with Gasteiger partial charge in [-0.2, -0.15) is 0 Å². The van der Waals surface area contributed by atoms with Crippen molar-refractivity contribution in [1.82, 2.24) is 0 Å². The fourth-order valence-electron chi connectivity index (χ4n) is 1.69. The molecule has 1 aromatic heterocycles. The second-order valence-electron chi connectivity index (χ2n) is 3.53. The molecule has 0 atom stereocenters. The Hall–Kier alpha value is -0.753. The summed E-state index contributed by atoms with van der Waals surface area (Å²) in [6.45, 7) is 7.74. The molecule has 0 bridgehead atoms. The minimum absolute atomic E-state index is 0.611. The van der Waals surface area contributed by atoms with Crippen LogP contribution in [-0.4, -0.2) is 28.6 Å². The van der Waals surface area contributed by atoms with E-state index in [1.54, 1.807) is 0 Å². The van der Waals surface area contributed by atoms with Crippen molar-refractivity contribution in [2.75, 3.05) is 19.8 Å². The Morgan fingerprint density at radius 2 is 1.29 bits per heavy atom. The van der Waals surface area contributed by atoms with Crippen molar-refractivity contribution < 1.29 is 17.8 Å². The van der Waals surface area contributed by atoms with Crippen LogP contribution in [0.15, 0.2) is 30.6 Å². The van der Waals surface area contributed by atoms with Crippen molar-refractivity contribution in [2.45, 2.75) is 26.9 Å². The van der Waals surface area contributed by atoms with Gasteiger partial charge in [0, 0.05) is 32.0 Å². The summed E-state index contributed by atoms with van der Waals surface area (Å²) in [7, 11) is -2.57. The molecular formula is C12H22NO3Si+. The molecule has 0 aliphatic heterocycles. The zero-order chi connectivity index (χ0) is 12.6. The lowest BCUT2D eigenvalue weighted by Crippen LogP contribution is -2.57. The number of hydrogen-bond acceptors (Lipinski definition) is 3. The molecule has 0 spiro atoms. The Morgan fingerprint density at radius 3 is 1.71 bits per heavy atom. The first kappa shape index (κ1) is 14.3. The SMILES string of the molecule is CCO[Si](C[n+]1ccccc1)(OCC)OCC. The van der Waals surface area contributed by atoms with E-state index in [9.17, 15) is 0 Å². The van der Waals surface area contributed by atoms with Crippen LogP contribution in [-0.2, 0) is 19.4 Å².